The lowest BCUT2D eigenvalue weighted by Crippen LogP contribution is -2.56. The van der Waals surface area contributed by atoms with Crippen molar-refractivity contribution in [2.75, 3.05) is 0 Å². The van der Waals surface area contributed by atoms with E-state index >= 15 is 0 Å². The molecule has 0 saturated heterocycles. The Labute approximate surface area is 163 Å². The molecule has 1 aliphatic carbocycles. The molecule has 0 radical (unpaired) electrons. The summed E-state index contributed by atoms with van der Waals surface area (Å²) in [5.74, 6) is -7.92. The zero-order chi connectivity index (χ0) is 21.2. The molecule has 28 heavy (non-hydrogen) atoms. The van der Waals surface area contributed by atoms with Crippen LogP contribution >= 0.6 is 0 Å². The van der Waals surface area contributed by atoms with Crippen LogP contribution < -0.4 is 0 Å². The molecule has 0 aromatic rings. The summed E-state index contributed by atoms with van der Waals surface area (Å²) in [6.45, 7) is 6.38. The molecule has 2 rings (SSSR count). The molecule has 1 saturated carbocycles. The number of rotatable bonds is 7. The highest BCUT2D eigenvalue weighted by atomic mass is 16.5. The van der Waals surface area contributed by atoms with Crippen LogP contribution in [-0.2, 0) is 33.5 Å². The van der Waals surface area contributed by atoms with Gasteiger partial charge in [0.2, 0.25) is 0 Å². The molecule has 7 nitrogen and oxygen atoms in total. The first-order chi connectivity index (χ1) is 13.1. The third-order valence-corrected chi connectivity index (χ3v) is 5.39. The van der Waals surface area contributed by atoms with Crippen LogP contribution in [0.5, 0.6) is 0 Å². The van der Waals surface area contributed by atoms with Gasteiger partial charge in [0.15, 0.2) is 28.9 Å². The fourth-order valence-electron chi connectivity index (χ4n) is 3.72. The Morgan fingerprint density at radius 1 is 1.00 bits per heavy atom. The molecule has 2 aliphatic rings. The Morgan fingerprint density at radius 2 is 1.64 bits per heavy atom. The third kappa shape index (κ3) is 3.88. The number of carbonyl (C=O) groups is 6. The Bertz CT molecular complexity index is 772. The number of hydrogen-bond donors (Lipinski definition) is 0. The van der Waals surface area contributed by atoms with E-state index in [-0.39, 0.29) is 18.6 Å². The molecule has 0 amide bonds. The van der Waals surface area contributed by atoms with Gasteiger partial charge in [-0.1, -0.05) is 13.8 Å². The smallest absolute Gasteiger partial charge is 0.321 e. The normalized spacial score (nSPS) is 27.5. The number of allylic oxidation sites excluding steroid dienone is 2. The molecule has 1 fully saturated rings. The maximum absolute atomic E-state index is 12.9. The first-order valence-electron chi connectivity index (χ1n) is 9.67. The number of carbonyl (C=O) groups excluding carboxylic acids is 6. The number of hydrogen-bond acceptors (Lipinski definition) is 7. The Morgan fingerprint density at radius 3 is 2.18 bits per heavy atom. The van der Waals surface area contributed by atoms with Gasteiger partial charge in [0, 0.05) is 18.9 Å². The van der Waals surface area contributed by atoms with Gasteiger partial charge in [0.05, 0.1) is 11.3 Å². The molecule has 7 heteroatoms. The van der Waals surface area contributed by atoms with Crippen LogP contribution in [0.4, 0.5) is 0 Å². The van der Waals surface area contributed by atoms with Crippen molar-refractivity contribution in [2.45, 2.75) is 59.8 Å². The lowest BCUT2D eigenvalue weighted by Gasteiger charge is -2.36. The lowest BCUT2D eigenvalue weighted by molar-refractivity contribution is -0.158. The minimum atomic E-state index is -1.53. The summed E-state index contributed by atoms with van der Waals surface area (Å²) >= 11 is 0. The fourth-order valence-corrected chi connectivity index (χ4v) is 3.72. The van der Waals surface area contributed by atoms with Crippen molar-refractivity contribution in [1.82, 2.24) is 0 Å². The summed E-state index contributed by atoms with van der Waals surface area (Å²) in [6, 6.07) is 0. The summed E-state index contributed by atoms with van der Waals surface area (Å²) in [5, 5.41) is 0. The van der Waals surface area contributed by atoms with Crippen molar-refractivity contribution < 1.29 is 33.5 Å². The molecular weight excluding hydrogens is 364 g/mol. The summed E-state index contributed by atoms with van der Waals surface area (Å²) < 4.78 is 5.15. The van der Waals surface area contributed by atoms with Crippen LogP contribution in [0.1, 0.15) is 59.8 Å². The molecule has 0 unspecified atom stereocenters. The summed E-state index contributed by atoms with van der Waals surface area (Å²) in [6.07, 6.45) is 2.48. The maximum atomic E-state index is 12.9. The van der Waals surface area contributed by atoms with Crippen LogP contribution in [0.15, 0.2) is 11.8 Å². The quantitative estimate of drug-likeness (QED) is 0.483. The van der Waals surface area contributed by atoms with Crippen LogP contribution in [0.2, 0.25) is 0 Å². The van der Waals surface area contributed by atoms with Gasteiger partial charge in [-0.05, 0) is 33.1 Å². The summed E-state index contributed by atoms with van der Waals surface area (Å²) in [4.78, 5) is 75.4. The predicted molar refractivity (Wildman–Crippen MR) is 97.9 cm³/mol. The summed E-state index contributed by atoms with van der Waals surface area (Å²) in [5.41, 5.74) is -1.53. The number of cyclic esters (lactones) is 1. The van der Waals surface area contributed by atoms with Gasteiger partial charge < -0.3 is 4.74 Å². The van der Waals surface area contributed by atoms with Crippen molar-refractivity contribution >= 4 is 34.9 Å². The van der Waals surface area contributed by atoms with E-state index < -0.39 is 58.1 Å². The Hall–Kier alpha value is -2.44. The molecule has 1 aliphatic heterocycles. The standard InChI is InChI=1S/C21H26O7/c1-5-7-11-9-15(23)12(20(27)28-11)10-13-17(24)16(14(22)8-6-2)19(26)21(3,4)18(13)25/h9,12-13,16H,5-8,10H2,1-4H3/t12-,13+,16-/m0/s1. The maximum Gasteiger partial charge on any atom is 0.321 e. The molecule has 152 valence electrons. The fraction of sp³-hybridized carbons (Fsp3) is 0.619. The Kier molecular flexibility index (Phi) is 6.47. The van der Waals surface area contributed by atoms with E-state index in [9.17, 15) is 28.8 Å². The first kappa shape index (κ1) is 21.9. The lowest BCUT2D eigenvalue weighted by atomic mass is 9.61. The van der Waals surface area contributed by atoms with Crippen molar-refractivity contribution in [3.05, 3.63) is 11.8 Å². The number of ketones is 5. The topological polar surface area (TPSA) is 112 Å². The van der Waals surface area contributed by atoms with E-state index in [2.05, 4.69) is 0 Å². The molecule has 0 aromatic carbocycles. The molecule has 0 bridgehead atoms. The highest BCUT2D eigenvalue weighted by Gasteiger charge is 2.56. The van der Waals surface area contributed by atoms with E-state index in [1.54, 1.807) is 6.92 Å². The molecule has 0 aromatic heterocycles. The Balaban J connectivity index is 2.33. The van der Waals surface area contributed by atoms with E-state index in [1.165, 1.54) is 19.9 Å². The zero-order valence-electron chi connectivity index (χ0n) is 16.7. The van der Waals surface area contributed by atoms with E-state index in [0.717, 1.165) is 0 Å². The molecule has 3 atom stereocenters. The van der Waals surface area contributed by atoms with Crippen LogP contribution in [0, 0.1) is 23.2 Å². The van der Waals surface area contributed by atoms with Gasteiger partial charge >= 0.3 is 5.97 Å². The van der Waals surface area contributed by atoms with Gasteiger partial charge in [-0.2, -0.15) is 0 Å². The molecule has 1 heterocycles. The largest absolute Gasteiger partial charge is 0.430 e. The highest BCUT2D eigenvalue weighted by molar-refractivity contribution is 6.33. The van der Waals surface area contributed by atoms with Crippen LogP contribution in [0.25, 0.3) is 0 Å². The van der Waals surface area contributed by atoms with Crippen molar-refractivity contribution in [3.63, 3.8) is 0 Å². The van der Waals surface area contributed by atoms with E-state index in [1.807, 2.05) is 6.92 Å². The second kappa shape index (κ2) is 8.29. The van der Waals surface area contributed by atoms with Gasteiger partial charge in [-0.25, -0.2) is 0 Å². The SMILES string of the molecule is CCCC(=O)[C@H]1C(=O)[C@@H](C[C@H]2C(=O)C=C(CCC)OC2=O)C(=O)C(C)(C)C1=O. The number of ether oxygens (including phenoxy) is 1. The second-order valence-electron chi connectivity index (χ2n) is 7.93. The molecule has 0 spiro atoms. The summed E-state index contributed by atoms with van der Waals surface area (Å²) in [7, 11) is 0. The van der Waals surface area contributed by atoms with Crippen molar-refractivity contribution in [3.8, 4) is 0 Å². The molecule has 0 N–H and O–H groups in total. The monoisotopic (exact) mass is 390 g/mol. The van der Waals surface area contributed by atoms with Crippen molar-refractivity contribution in [1.29, 1.82) is 0 Å². The average molecular weight is 390 g/mol. The van der Waals surface area contributed by atoms with Crippen LogP contribution in [0.3, 0.4) is 0 Å². The van der Waals surface area contributed by atoms with Gasteiger partial charge in [-0.3, -0.25) is 28.8 Å². The minimum Gasteiger partial charge on any atom is -0.430 e. The van der Waals surface area contributed by atoms with E-state index in [0.29, 0.717) is 19.3 Å². The van der Waals surface area contributed by atoms with Gasteiger partial charge in [-0.15, -0.1) is 0 Å². The zero-order valence-corrected chi connectivity index (χ0v) is 16.7. The number of Topliss-reactive ketones (excluding diaryl/α,β-unsaturated/α-hetero) is 4. The third-order valence-electron chi connectivity index (χ3n) is 5.39. The van der Waals surface area contributed by atoms with Gasteiger partial charge in [0.25, 0.3) is 0 Å². The van der Waals surface area contributed by atoms with Crippen LogP contribution in [-0.4, -0.2) is 34.9 Å². The second-order valence-corrected chi connectivity index (χ2v) is 7.93. The van der Waals surface area contributed by atoms with E-state index in [4.69, 9.17) is 4.74 Å². The predicted octanol–water partition coefficient (Wildman–Crippen LogP) is 2.15. The molecular formula is C21H26O7. The minimum absolute atomic E-state index is 0.0483. The average Bonchev–Trinajstić information content (AvgIpc) is 2.60. The van der Waals surface area contributed by atoms with Gasteiger partial charge in [0.1, 0.15) is 17.6 Å². The first-order valence-corrected chi connectivity index (χ1v) is 9.67. The van der Waals surface area contributed by atoms with Crippen molar-refractivity contribution in [2.24, 2.45) is 23.2 Å². The number of esters is 1. The highest BCUT2D eigenvalue weighted by Crippen LogP contribution is 2.38.